The van der Waals surface area contributed by atoms with Crippen molar-refractivity contribution in [2.24, 2.45) is 0 Å². The average molecular weight is 314 g/mol. The number of aldehydes is 1. The number of alkyl halides is 3. The summed E-state index contributed by atoms with van der Waals surface area (Å²) in [6.07, 6.45) is -4.21. The van der Waals surface area contributed by atoms with Gasteiger partial charge in [-0.3, -0.25) is 4.79 Å². The monoisotopic (exact) mass is 314 g/mol. The Balaban J connectivity index is 2.46. The highest BCUT2D eigenvalue weighted by Gasteiger charge is 2.31. The van der Waals surface area contributed by atoms with Gasteiger partial charge in [0.15, 0.2) is 17.8 Å². The molecule has 116 valence electrons. The highest BCUT2D eigenvalue weighted by atomic mass is 19.4. The molecule has 3 nitrogen and oxygen atoms in total. The van der Waals surface area contributed by atoms with Gasteiger partial charge in [0.1, 0.15) is 11.6 Å². The highest BCUT2D eigenvalue weighted by Crippen LogP contribution is 2.37. The van der Waals surface area contributed by atoms with Crippen molar-refractivity contribution in [2.45, 2.75) is 6.18 Å². The topological polar surface area (TPSA) is 35.5 Å². The van der Waals surface area contributed by atoms with E-state index >= 15 is 0 Å². The quantitative estimate of drug-likeness (QED) is 0.617. The largest absolute Gasteiger partial charge is 0.493 e. The molecule has 0 aliphatic rings. The minimum atomic E-state index is -4.58. The molecule has 2 aromatic rings. The molecule has 2 aromatic carbocycles. The molecule has 0 aromatic heterocycles. The van der Waals surface area contributed by atoms with Crippen molar-refractivity contribution < 1.29 is 31.8 Å². The molecule has 0 spiro atoms. The SMILES string of the molecule is COc1cc(F)ccc1Oc1cc(C(F)(F)F)ccc1C=O. The maximum atomic E-state index is 13.1. The van der Waals surface area contributed by atoms with Crippen LogP contribution in [0.5, 0.6) is 17.2 Å². The van der Waals surface area contributed by atoms with Gasteiger partial charge < -0.3 is 9.47 Å². The first-order valence-corrected chi connectivity index (χ1v) is 6.03. The van der Waals surface area contributed by atoms with Crippen molar-refractivity contribution >= 4 is 6.29 Å². The Hall–Kier alpha value is -2.57. The lowest BCUT2D eigenvalue weighted by Gasteiger charge is -2.14. The van der Waals surface area contributed by atoms with E-state index in [-0.39, 0.29) is 22.8 Å². The highest BCUT2D eigenvalue weighted by molar-refractivity contribution is 5.79. The van der Waals surface area contributed by atoms with Crippen LogP contribution in [-0.2, 0) is 6.18 Å². The third-order valence-corrected chi connectivity index (χ3v) is 2.81. The van der Waals surface area contributed by atoms with Gasteiger partial charge in [-0.15, -0.1) is 0 Å². The van der Waals surface area contributed by atoms with Gasteiger partial charge in [-0.2, -0.15) is 13.2 Å². The van der Waals surface area contributed by atoms with E-state index in [9.17, 15) is 22.4 Å². The van der Waals surface area contributed by atoms with Crippen LogP contribution >= 0.6 is 0 Å². The maximum absolute atomic E-state index is 13.1. The Morgan fingerprint density at radius 1 is 1.00 bits per heavy atom. The number of methoxy groups -OCH3 is 1. The van der Waals surface area contributed by atoms with Crippen molar-refractivity contribution in [3.63, 3.8) is 0 Å². The van der Waals surface area contributed by atoms with E-state index in [1.54, 1.807) is 0 Å². The van der Waals surface area contributed by atoms with E-state index in [1.807, 2.05) is 0 Å². The smallest absolute Gasteiger partial charge is 0.416 e. The molecule has 0 saturated heterocycles. The van der Waals surface area contributed by atoms with Crippen molar-refractivity contribution in [1.82, 2.24) is 0 Å². The van der Waals surface area contributed by atoms with E-state index in [2.05, 4.69) is 0 Å². The Kier molecular flexibility index (Phi) is 4.35. The lowest BCUT2D eigenvalue weighted by molar-refractivity contribution is -0.137. The first kappa shape index (κ1) is 15.8. The summed E-state index contributed by atoms with van der Waals surface area (Å²) < 4.78 is 61.5. The van der Waals surface area contributed by atoms with Crippen LogP contribution in [-0.4, -0.2) is 13.4 Å². The van der Waals surface area contributed by atoms with E-state index in [0.717, 1.165) is 24.3 Å². The second-order valence-electron chi connectivity index (χ2n) is 4.27. The fourth-order valence-electron chi connectivity index (χ4n) is 1.74. The molecule has 7 heteroatoms. The Morgan fingerprint density at radius 3 is 2.32 bits per heavy atom. The molecule has 0 amide bonds. The van der Waals surface area contributed by atoms with Crippen LogP contribution in [0.4, 0.5) is 17.6 Å². The standard InChI is InChI=1S/C15H10F4O3/c1-21-14-7-11(16)4-5-12(14)22-13-6-10(15(17,18)19)3-2-9(13)8-20/h2-8H,1H3. The number of ether oxygens (including phenoxy) is 2. The van der Waals surface area contributed by atoms with Gasteiger partial charge in [0.25, 0.3) is 0 Å². The molecule has 0 radical (unpaired) electrons. The lowest BCUT2D eigenvalue weighted by atomic mass is 10.1. The summed E-state index contributed by atoms with van der Waals surface area (Å²) in [5, 5.41) is 0. The number of hydrogen-bond donors (Lipinski definition) is 0. The molecule has 0 N–H and O–H groups in total. The van der Waals surface area contributed by atoms with Crippen LogP contribution in [0, 0.1) is 5.82 Å². The zero-order chi connectivity index (χ0) is 16.3. The Labute approximate surface area is 123 Å². The molecule has 0 atom stereocenters. The molecule has 0 fully saturated rings. The molecule has 0 bridgehead atoms. The molecule has 0 unspecified atom stereocenters. The van der Waals surface area contributed by atoms with E-state index in [4.69, 9.17) is 9.47 Å². The first-order chi connectivity index (χ1) is 10.3. The zero-order valence-electron chi connectivity index (χ0n) is 11.3. The van der Waals surface area contributed by atoms with Gasteiger partial charge >= 0.3 is 6.18 Å². The van der Waals surface area contributed by atoms with Gasteiger partial charge in [0, 0.05) is 6.07 Å². The molecular weight excluding hydrogens is 304 g/mol. The van der Waals surface area contributed by atoms with Gasteiger partial charge in [0.2, 0.25) is 0 Å². The number of carbonyl (C=O) groups excluding carboxylic acids is 1. The van der Waals surface area contributed by atoms with Crippen molar-refractivity contribution in [1.29, 1.82) is 0 Å². The maximum Gasteiger partial charge on any atom is 0.416 e. The van der Waals surface area contributed by atoms with Crippen molar-refractivity contribution in [3.8, 4) is 17.2 Å². The summed E-state index contributed by atoms with van der Waals surface area (Å²) in [6, 6.07) is 5.75. The lowest BCUT2D eigenvalue weighted by Crippen LogP contribution is -2.06. The van der Waals surface area contributed by atoms with Crippen LogP contribution in [0.2, 0.25) is 0 Å². The number of hydrogen-bond acceptors (Lipinski definition) is 3. The normalized spacial score (nSPS) is 11.1. The van der Waals surface area contributed by atoms with Crippen LogP contribution in [0.1, 0.15) is 15.9 Å². The minimum Gasteiger partial charge on any atom is -0.493 e. The van der Waals surface area contributed by atoms with Crippen LogP contribution in [0.15, 0.2) is 36.4 Å². The Bertz CT molecular complexity index is 696. The summed E-state index contributed by atoms with van der Waals surface area (Å²) in [5.41, 5.74) is -1.03. The summed E-state index contributed by atoms with van der Waals surface area (Å²) in [6.45, 7) is 0. The molecule has 0 aliphatic heterocycles. The third kappa shape index (κ3) is 3.36. The first-order valence-electron chi connectivity index (χ1n) is 6.03. The van der Waals surface area contributed by atoms with Gasteiger partial charge in [-0.05, 0) is 30.3 Å². The number of benzene rings is 2. The number of carbonyl (C=O) groups is 1. The van der Waals surface area contributed by atoms with Crippen molar-refractivity contribution in [2.75, 3.05) is 7.11 Å². The molecular formula is C15H10F4O3. The zero-order valence-corrected chi connectivity index (χ0v) is 11.3. The molecule has 22 heavy (non-hydrogen) atoms. The van der Waals surface area contributed by atoms with Crippen molar-refractivity contribution in [3.05, 3.63) is 53.3 Å². The predicted molar refractivity (Wildman–Crippen MR) is 69.9 cm³/mol. The minimum absolute atomic E-state index is 0.00531. The fourth-order valence-corrected chi connectivity index (χ4v) is 1.74. The molecule has 0 aliphatic carbocycles. The van der Waals surface area contributed by atoms with Gasteiger partial charge in [0.05, 0.1) is 18.2 Å². The summed E-state index contributed by atoms with van der Waals surface area (Å²) in [5.74, 6) is -0.904. The Morgan fingerprint density at radius 2 is 1.73 bits per heavy atom. The van der Waals surface area contributed by atoms with E-state index in [1.165, 1.54) is 13.2 Å². The number of rotatable bonds is 4. The van der Waals surface area contributed by atoms with Crippen LogP contribution < -0.4 is 9.47 Å². The van der Waals surface area contributed by atoms with E-state index < -0.39 is 17.6 Å². The van der Waals surface area contributed by atoms with Gasteiger partial charge in [-0.1, -0.05) is 0 Å². The third-order valence-electron chi connectivity index (χ3n) is 2.81. The fraction of sp³-hybridized carbons (Fsp3) is 0.133. The average Bonchev–Trinajstić information content (AvgIpc) is 2.48. The molecule has 2 rings (SSSR count). The second-order valence-corrected chi connectivity index (χ2v) is 4.27. The predicted octanol–water partition coefficient (Wildman–Crippen LogP) is 4.46. The number of halogens is 4. The van der Waals surface area contributed by atoms with Crippen LogP contribution in [0.25, 0.3) is 0 Å². The summed E-state index contributed by atoms with van der Waals surface area (Å²) >= 11 is 0. The summed E-state index contributed by atoms with van der Waals surface area (Å²) in [7, 11) is 1.26. The van der Waals surface area contributed by atoms with E-state index in [0.29, 0.717) is 12.4 Å². The second kappa shape index (κ2) is 6.05. The molecule has 0 saturated carbocycles. The molecule has 0 heterocycles. The summed E-state index contributed by atoms with van der Waals surface area (Å²) in [4.78, 5) is 10.9. The van der Waals surface area contributed by atoms with Gasteiger partial charge in [-0.25, -0.2) is 4.39 Å². The van der Waals surface area contributed by atoms with Crippen LogP contribution in [0.3, 0.4) is 0 Å².